The summed E-state index contributed by atoms with van der Waals surface area (Å²) in [5.41, 5.74) is 1.92. The fourth-order valence-corrected chi connectivity index (χ4v) is 9.10. The average molecular weight is 562 g/mol. The van der Waals surface area contributed by atoms with Gasteiger partial charge in [0.15, 0.2) is 0 Å². The second-order valence-electron chi connectivity index (χ2n) is 10.9. The molecule has 174 valence electrons. The number of hydrogen-bond donors (Lipinski definition) is 0. The van der Waals surface area contributed by atoms with Crippen LogP contribution in [0.15, 0.2) is 12.1 Å². The second-order valence-corrected chi connectivity index (χ2v) is 14.3. The summed E-state index contributed by atoms with van der Waals surface area (Å²) in [4.78, 5) is 0. The minimum atomic E-state index is -3.45. The highest BCUT2D eigenvalue weighted by Crippen LogP contribution is 2.68. The lowest BCUT2D eigenvalue weighted by molar-refractivity contribution is -0.0972. The molecule has 0 amide bonds. The number of anilines is 1. The topological polar surface area (TPSA) is 55.8 Å². The summed E-state index contributed by atoms with van der Waals surface area (Å²) in [6.45, 7) is 10.1. The lowest BCUT2D eigenvalue weighted by Gasteiger charge is -2.65. The van der Waals surface area contributed by atoms with Crippen LogP contribution < -0.4 is 13.8 Å². The van der Waals surface area contributed by atoms with E-state index in [0.29, 0.717) is 22.1 Å². The van der Waals surface area contributed by atoms with E-state index >= 15 is 0 Å². The number of fused-ring (bicyclic) bond motifs is 5. The lowest BCUT2D eigenvalue weighted by Crippen LogP contribution is -2.63. The van der Waals surface area contributed by atoms with Crippen LogP contribution in [0, 0.1) is 22.7 Å². The van der Waals surface area contributed by atoms with Gasteiger partial charge in [-0.25, -0.2) is 8.42 Å². The maximum Gasteiger partial charge on any atom is 0.232 e. The smallest absolute Gasteiger partial charge is 0.232 e. The van der Waals surface area contributed by atoms with Gasteiger partial charge in [0.25, 0.3) is 0 Å². The van der Waals surface area contributed by atoms with Crippen molar-refractivity contribution < 1.29 is 17.9 Å². The number of methoxy groups -OCH3 is 2. The Balaban J connectivity index is 1.96. The van der Waals surface area contributed by atoms with Gasteiger partial charge in [-0.05, 0) is 48.3 Å². The zero-order valence-electron chi connectivity index (χ0n) is 19.8. The van der Waals surface area contributed by atoms with Crippen LogP contribution in [0.5, 0.6) is 11.5 Å². The molecular weight excluding hydrogens is 525 g/mol. The van der Waals surface area contributed by atoms with Crippen molar-refractivity contribution in [3.63, 3.8) is 0 Å². The normalized spacial score (nSPS) is 36.8. The highest BCUT2D eigenvalue weighted by Gasteiger charge is 2.63. The van der Waals surface area contributed by atoms with Crippen molar-refractivity contribution in [1.82, 2.24) is 0 Å². The van der Waals surface area contributed by atoms with E-state index in [1.54, 1.807) is 18.5 Å². The number of ether oxygens (including phenoxy) is 2. The van der Waals surface area contributed by atoms with E-state index < -0.39 is 10.0 Å². The number of sulfonamides is 1. The largest absolute Gasteiger partial charge is 0.497 e. The Labute approximate surface area is 201 Å². The van der Waals surface area contributed by atoms with Crippen molar-refractivity contribution in [2.24, 2.45) is 22.7 Å². The van der Waals surface area contributed by atoms with Crippen LogP contribution in [0.2, 0.25) is 0 Å². The third kappa shape index (κ3) is 3.30. The predicted octanol–water partition coefficient (Wildman–Crippen LogP) is 5.40. The van der Waals surface area contributed by atoms with Gasteiger partial charge in [-0.15, -0.1) is 0 Å². The minimum absolute atomic E-state index is 0.0732. The zero-order chi connectivity index (χ0) is 23.0. The third-order valence-electron chi connectivity index (χ3n) is 9.05. The number of nitrogens with zero attached hydrogens (tertiary/aromatic N) is 1. The monoisotopic (exact) mass is 561 g/mol. The molecule has 7 heteroatoms. The highest BCUT2D eigenvalue weighted by molar-refractivity contribution is 14.1. The molecule has 0 radical (unpaired) electrons. The Morgan fingerprint density at radius 3 is 2.29 bits per heavy atom. The molecule has 1 aromatic rings. The van der Waals surface area contributed by atoms with E-state index in [4.69, 9.17) is 9.47 Å². The van der Waals surface area contributed by atoms with Crippen LogP contribution in [0.3, 0.4) is 0 Å². The van der Waals surface area contributed by atoms with Crippen LogP contribution in [-0.2, 0) is 15.4 Å². The van der Waals surface area contributed by atoms with Gasteiger partial charge < -0.3 is 9.47 Å². The van der Waals surface area contributed by atoms with Crippen LogP contribution in [0.1, 0.15) is 58.9 Å². The molecular formula is C24H36INO4S. The standard InChI is InChI=1S/C24H36INO4S/c1-22(2)18-8-10-24(4)19(23(18,3)11-9-20(22)25)14-26(31(7,27)28)16-12-15(29-5)13-17(30-6)21(16)24/h12-13,18-20H,8-11,14H2,1-7H3/t18-,19+,20-,23-,24+/m1/s1. The maximum absolute atomic E-state index is 13.0. The Morgan fingerprint density at radius 1 is 1.03 bits per heavy atom. The van der Waals surface area contributed by atoms with E-state index in [1.807, 2.05) is 12.1 Å². The number of hydrogen-bond acceptors (Lipinski definition) is 4. The SMILES string of the molecule is COc1cc(OC)c2c(c1)N(S(C)(=O)=O)C[C@H]1[C@]3(C)CC[C@@H](I)C(C)(C)[C@H]3CC[C@]21C. The molecule has 3 aliphatic rings. The Hall–Kier alpha value is -0.700. The molecule has 0 N–H and O–H groups in total. The van der Waals surface area contributed by atoms with Crippen LogP contribution in [0.25, 0.3) is 0 Å². The summed E-state index contributed by atoms with van der Waals surface area (Å²) < 4.78 is 39.6. The molecule has 0 spiro atoms. The molecule has 0 bridgehead atoms. The molecule has 31 heavy (non-hydrogen) atoms. The summed E-state index contributed by atoms with van der Waals surface area (Å²) >= 11 is 2.64. The number of rotatable bonds is 3. The van der Waals surface area contributed by atoms with Gasteiger partial charge in [0.2, 0.25) is 10.0 Å². The van der Waals surface area contributed by atoms with E-state index in [2.05, 4.69) is 50.3 Å². The second kappa shape index (κ2) is 7.40. The third-order valence-corrected chi connectivity index (χ3v) is 12.4. The molecule has 0 aromatic heterocycles. The highest BCUT2D eigenvalue weighted by atomic mass is 127. The molecule has 2 aliphatic carbocycles. The van der Waals surface area contributed by atoms with E-state index in [1.165, 1.54) is 12.7 Å². The lowest BCUT2D eigenvalue weighted by atomic mass is 9.42. The number of benzene rings is 1. The fraction of sp³-hybridized carbons (Fsp3) is 0.750. The Kier molecular flexibility index (Phi) is 5.60. The first kappa shape index (κ1) is 23.5. The Morgan fingerprint density at radius 2 is 1.71 bits per heavy atom. The van der Waals surface area contributed by atoms with Crippen LogP contribution in [-0.4, -0.2) is 39.4 Å². The fourth-order valence-electron chi connectivity index (χ4n) is 7.43. The van der Waals surface area contributed by atoms with Crippen molar-refractivity contribution in [3.05, 3.63) is 17.7 Å². The first-order valence-corrected chi connectivity index (χ1v) is 14.3. The van der Waals surface area contributed by atoms with Crippen molar-refractivity contribution in [1.29, 1.82) is 0 Å². The van der Waals surface area contributed by atoms with Crippen molar-refractivity contribution in [2.45, 2.75) is 62.7 Å². The minimum Gasteiger partial charge on any atom is -0.497 e. The summed E-state index contributed by atoms with van der Waals surface area (Å²) in [5.74, 6) is 2.16. The van der Waals surface area contributed by atoms with E-state index in [-0.39, 0.29) is 22.2 Å². The summed E-state index contributed by atoms with van der Waals surface area (Å²) in [6, 6.07) is 3.79. The van der Waals surface area contributed by atoms with Crippen LogP contribution in [0.4, 0.5) is 5.69 Å². The zero-order valence-corrected chi connectivity index (χ0v) is 22.8. The quantitative estimate of drug-likeness (QED) is 0.367. The van der Waals surface area contributed by atoms with Crippen molar-refractivity contribution in [3.8, 4) is 11.5 Å². The van der Waals surface area contributed by atoms with Crippen LogP contribution >= 0.6 is 22.6 Å². The summed E-state index contributed by atoms with van der Waals surface area (Å²) in [7, 11) is -0.172. The molecule has 0 saturated heterocycles. The number of halogens is 1. The molecule has 1 aromatic carbocycles. The van der Waals surface area contributed by atoms with Gasteiger partial charge in [0.1, 0.15) is 11.5 Å². The van der Waals surface area contributed by atoms with Gasteiger partial charge in [-0.2, -0.15) is 0 Å². The first-order valence-electron chi connectivity index (χ1n) is 11.2. The Bertz CT molecular complexity index is 994. The molecule has 2 saturated carbocycles. The molecule has 1 aliphatic heterocycles. The number of alkyl halides is 1. The van der Waals surface area contributed by atoms with Gasteiger partial charge in [-0.1, -0.05) is 50.3 Å². The van der Waals surface area contributed by atoms with Crippen molar-refractivity contribution >= 4 is 38.3 Å². The predicted molar refractivity (Wildman–Crippen MR) is 134 cm³/mol. The van der Waals surface area contributed by atoms with Gasteiger partial charge in [0, 0.05) is 33.6 Å². The molecule has 2 fully saturated rings. The van der Waals surface area contributed by atoms with E-state index in [9.17, 15) is 8.42 Å². The summed E-state index contributed by atoms with van der Waals surface area (Å²) in [6.07, 6.45) is 5.83. The molecule has 0 unspecified atom stereocenters. The first-order chi connectivity index (χ1) is 14.3. The summed E-state index contributed by atoms with van der Waals surface area (Å²) in [5, 5.41) is 0. The molecule has 4 rings (SSSR count). The molecule has 1 heterocycles. The van der Waals surface area contributed by atoms with Gasteiger partial charge >= 0.3 is 0 Å². The van der Waals surface area contributed by atoms with Crippen molar-refractivity contribution in [2.75, 3.05) is 31.3 Å². The van der Waals surface area contributed by atoms with Gasteiger partial charge in [0.05, 0.1) is 26.2 Å². The van der Waals surface area contributed by atoms with Gasteiger partial charge in [-0.3, -0.25) is 4.31 Å². The molecule has 5 atom stereocenters. The molecule has 5 nitrogen and oxygen atoms in total. The van der Waals surface area contributed by atoms with E-state index in [0.717, 1.165) is 36.3 Å². The average Bonchev–Trinajstić information content (AvgIpc) is 2.68. The maximum atomic E-state index is 13.0.